The lowest BCUT2D eigenvalue weighted by atomic mass is 10.1. The van der Waals surface area contributed by atoms with E-state index in [0.717, 1.165) is 12.8 Å². The van der Waals surface area contributed by atoms with E-state index in [9.17, 15) is 14.9 Å². The largest absolute Gasteiger partial charge is 0.294 e. The van der Waals surface area contributed by atoms with Crippen LogP contribution in [-0.4, -0.2) is 10.7 Å². The number of carbonyl (C=O) groups excluding carboxylic acids is 1. The Bertz CT molecular complexity index is 483. The number of para-hydroxylation sites is 1. The Morgan fingerprint density at radius 3 is 2.72 bits per heavy atom. The second-order valence-corrected chi connectivity index (χ2v) is 5.00. The molecule has 0 saturated heterocycles. The normalized spacial score (nSPS) is 11.3. The highest BCUT2D eigenvalue weighted by molar-refractivity contribution is 14.1. The molecule has 0 spiro atoms. The minimum Gasteiger partial charge on any atom is -0.294 e. The standard InChI is InChI=1S/C13H14INO3/c1-2-3-8-13(16)11(14)9-10-6-4-5-7-12(10)15(17)18/h4-7,9H,2-3,8H2,1H3/b11-9+. The van der Waals surface area contributed by atoms with Gasteiger partial charge in [0.1, 0.15) is 0 Å². The lowest BCUT2D eigenvalue weighted by molar-refractivity contribution is -0.385. The Morgan fingerprint density at radius 2 is 2.11 bits per heavy atom. The molecule has 0 bridgehead atoms. The van der Waals surface area contributed by atoms with Crippen LogP contribution in [0.4, 0.5) is 5.69 Å². The molecule has 0 aliphatic carbocycles. The Labute approximate surface area is 119 Å². The summed E-state index contributed by atoms with van der Waals surface area (Å²) in [7, 11) is 0. The number of hydrogen-bond acceptors (Lipinski definition) is 3. The van der Waals surface area contributed by atoms with Crippen LogP contribution in [0.25, 0.3) is 6.08 Å². The van der Waals surface area contributed by atoms with Crippen LogP contribution >= 0.6 is 22.6 Å². The lowest BCUT2D eigenvalue weighted by Gasteiger charge is -2.00. The Hall–Kier alpha value is -1.24. The van der Waals surface area contributed by atoms with Crippen molar-refractivity contribution in [2.45, 2.75) is 26.2 Å². The lowest BCUT2D eigenvalue weighted by Crippen LogP contribution is -1.97. The second-order valence-electron chi connectivity index (χ2n) is 3.83. The number of allylic oxidation sites excluding steroid dienone is 1. The average Bonchev–Trinajstić information content (AvgIpc) is 2.36. The summed E-state index contributed by atoms with van der Waals surface area (Å²) in [5.74, 6) is 0.0376. The van der Waals surface area contributed by atoms with Gasteiger partial charge in [-0.3, -0.25) is 14.9 Å². The quantitative estimate of drug-likeness (QED) is 0.332. The number of carbonyl (C=O) groups is 1. The number of benzene rings is 1. The third kappa shape index (κ3) is 4.21. The third-order valence-electron chi connectivity index (χ3n) is 2.44. The highest BCUT2D eigenvalue weighted by Gasteiger charge is 2.12. The van der Waals surface area contributed by atoms with Gasteiger partial charge in [0, 0.05) is 12.5 Å². The minimum atomic E-state index is -0.438. The van der Waals surface area contributed by atoms with Gasteiger partial charge >= 0.3 is 0 Å². The van der Waals surface area contributed by atoms with Crippen molar-refractivity contribution < 1.29 is 9.72 Å². The van der Waals surface area contributed by atoms with Crippen LogP contribution in [-0.2, 0) is 4.79 Å². The van der Waals surface area contributed by atoms with Crippen molar-refractivity contribution in [1.29, 1.82) is 0 Å². The van der Waals surface area contributed by atoms with Crippen LogP contribution in [0.1, 0.15) is 31.7 Å². The number of halogens is 1. The molecule has 1 aromatic rings. The average molecular weight is 359 g/mol. The number of nitrogens with zero attached hydrogens (tertiary/aromatic N) is 1. The molecule has 18 heavy (non-hydrogen) atoms. The molecule has 0 heterocycles. The summed E-state index contributed by atoms with van der Waals surface area (Å²) in [6.45, 7) is 2.02. The molecule has 1 rings (SSSR count). The SMILES string of the molecule is CCCCC(=O)/C(I)=C\c1ccccc1[N+](=O)[O-]. The van der Waals surface area contributed by atoms with Crippen LogP contribution in [0.15, 0.2) is 27.8 Å². The van der Waals surface area contributed by atoms with E-state index in [1.807, 2.05) is 29.5 Å². The fourth-order valence-corrected chi connectivity index (χ4v) is 2.05. The molecule has 0 N–H and O–H groups in total. The van der Waals surface area contributed by atoms with Gasteiger partial charge in [-0.1, -0.05) is 25.5 Å². The van der Waals surface area contributed by atoms with Gasteiger partial charge < -0.3 is 0 Å². The number of nitro groups is 1. The first-order valence-corrected chi connectivity index (χ1v) is 6.78. The molecule has 0 atom stereocenters. The monoisotopic (exact) mass is 359 g/mol. The van der Waals surface area contributed by atoms with Gasteiger partial charge in [0.05, 0.1) is 14.1 Å². The van der Waals surface area contributed by atoms with Crippen LogP contribution in [0, 0.1) is 10.1 Å². The van der Waals surface area contributed by atoms with Crippen LogP contribution in [0.5, 0.6) is 0 Å². The molecule has 0 amide bonds. The van der Waals surface area contributed by atoms with E-state index in [0.29, 0.717) is 15.6 Å². The van der Waals surface area contributed by atoms with Gasteiger partial charge in [0.25, 0.3) is 5.69 Å². The van der Waals surface area contributed by atoms with Gasteiger partial charge in [-0.25, -0.2) is 0 Å². The van der Waals surface area contributed by atoms with Crippen LogP contribution in [0.3, 0.4) is 0 Å². The number of unbranched alkanes of at least 4 members (excludes halogenated alkanes) is 1. The molecule has 0 unspecified atom stereocenters. The molecule has 1 aromatic carbocycles. The van der Waals surface area contributed by atoms with E-state index in [1.54, 1.807) is 24.3 Å². The maximum atomic E-state index is 11.7. The van der Waals surface area contributed by atoms with Crippen molar-refractivity contribution in [3.8, 4) is 0 Å². The predicted molar refractivity (Wildman–Crippen MR) is 79.6 cm³/mol. The van der Waals surface area contributed by atoms with Gasteiger partial charge in [-0.15, -0.1) is 0 Å². The van der Waals surface area contributed by atoms with Gasteiger partial charge in [-0.05, 0) is 41.2 Å². The second kappa shape index (κ2) is 7.25. The Balaban J connectivity index is 2.95. The number of nitro benzene ring substituents is 1. The summed E-state index contributed by atoms with van der Waals surface area (Å²) in [4.78, 5) is 22.1. The molecule has 0 radical (unpaired) electrons. The van der Waals surface area contributed by atoms with Crippen LogP contribution < -0.4 is 0 Å². The molecule has 5 heteroatoms. The summed E-state index contributed by atoms with van der Waals surface area (Å²) in [5, 5.41) is 10.8. The first-order valence-electron chi connectivity index (χ1n) is 5.70. The van der Waals surface area contributed by atoms with E-state index in [1.165, 1.54) is 6.07 Å². The minimum absolute atomic E-state index is 0.0231. The number of hydrogen-bond donors (Lipinski definition) is 0. The van der Waals surface area contributed by atoms with Crippen molar-refractivity contribution in [2.75, 3.05) is 0 Å². The maximum Gasteiger partial charge on any atom is 0.276 e. The van der Waals surface area contributed by atoms with E-state index in [-0.39, 0.29) is 11.5 Å². The third-order valence-corrected chi connectivity index (χ3v) is 3.35. The summed E-state index contributed by atoms with van der Waals surface area (Å²) in [6, 6.07) is 6.41. The smallest absolute Gasteiger partial charge is 0.276 e. The summed E-state index contributed by atoms with van der Waals surface area (Å²) >= 11 is 1.94. The zero-order valence-corrected chi connectivity index (χ0v) is 12.2. The molecule has 0 aliphatic rings. The number of ketones is 1. The van der Waals surface area contributed by atoms with Crippen molar-refractivity contribution >= 4 is 40.1 Å². The number of Topliss-reactive ketones (excluding diaryl/α,β-unsaturated/α-hetero) is 1. The predicted octanol–water partition coefficient (Wildman–Crippen LogP) is 4.13. The van der Waals surface area contributed by atoms with Gasteiger partial charge in [0.2, 0.25) is 0 Å². The van der Waals surface area contributed by atoms with E-state index >= 15 is 0 Å². The van der Waals surface area contributed by atoms with Crippen molar-refractivity contribution in [2.24, 2.45) is 0 Å². The molecule has 0 aromatic heterocycles. The zero-order valence-electron chi connectivity index (χ0n) is 10.1. The summed E-state index contributed by atoms with van der Waals surface area (Å²) < 4.78 is 0.537. The summed E-state index contributed by atoms with van der Waals surface area (Å²) in [6.07, 6.45) is 3.87. The summed E-state index contributed by atoms with van der Waals surface area (Å²) in [5.41, 5.74) is 0.492. The van der Waals surface area contributed by atoms with Gasteiger partial charge in [-0.2, -0.15) is 0 Å². The van der Waals surface area contributed by atoms with Crippen molar-refractivity contribution in [3.63, 3.8) is 0 Å². The number of rotatable bonds is 6. The first kappa shape index (κ1) is 14.8. The molecule has 4 nitrogen and oxygen atoms in total. The van der Waals surface area contributed by atoms with Crippen molar-refractivity contribution in [1.82, 2.24) is 0 Å². The zero-order chi connectivity index (χ0) is 13.5. The molecule has 0 aliphatic heterocycles. The molecule has 96 valence electrons. The highest BCUT2D eigenvalue weighted by Crippen LogP contribution is 2.23. The highest BCUT2D eigenvalue weighted by atomic mass is 127. The van der Waals surface area contributed by atoms with Crippen LogP contribution in [0.2, 0.25) is 0 Å². The van der Waals surface area contributed by atoms with E-state index in [2.05, 4.69) is 0 Å². The van der Waals surface area contributed by atoms with Gasteiger partial charge in [0.15, 0.2) is 5.78 Å². The van der Waals surface area contributed by atoms with E-state index < -0.39 is 4.92 Å². The fraction of sp³-hybridized carbons (Fsp3) is 0.308. The van der Waals surface area contributed by atoms with Crippen molar-refractivity contribution in [3.05, 3.63) is 43.5 Å². The Morgan fingerprint density at radius 1 is 1.44 bits per heavy atom. The Kier molecular flexibility index (Phi) is 5.97. The molecule has 0 saturated carbocycles. The van der Waals surface area contributed by atoms with E-state index in [4.69, 9.17) is 0 Å². The fourth-order valence-electron chi connectivity index (χ4n) is 1.45. The maximum absolute atomic E-state index is 11.7. The molecular weight excluding hydrogens is 345 g/mol. The molecule has 0 fully saturated rings. The first-order chi connectivity index (χ1) is 8.56. The molecular formula is C13H14INO3. The topological polar surface area (TPSA) is 60.2 Å².